The maximum atomic E-state index is 12.3. The summed E-state index contributed by atoms with van der Waals surface area (Å²) in [6.07, 6.45) is 4.91. The molecule has 1 aliphatic heterocycles. The molecule has 2 aromatic carbocycles. The highest BCUT2D eigenvalue weighted by atomic mass is 35.5. The van der Waals surface area contributed by atoms with Gasteiger partial charge in [0.1, 0.15) is 5.75 Å². The van der Waals surface area contributed by atoms with Gasteiger partial charge in [0.25, 0.3) is 0 Å². The summed E-state index contributed by atoms with van der Waals surface area (Å²) >= 11 is 0. The number of anilines is 4. The van der Waals surface area contributed by atoms with Crippen LogP contribution in [0.5, 0.6) is 5.75 Å². The van der Waals surface area contributed by atoms with Gasteiger partial charge in [-0.25, -0.2) is 9.67 Å². The van der Waals surface area contributed by atoms with Crippen LogP contribution in [0.15, 0.2) is 73.6 Å². The van der Waals surface area contributed by atoms with Crippen LogP contribution in [0, 0.1) is 0 Å². The van der Waals surface area contributed by atoms with Gasteiger partial charge in [-0.3, -0.25) is 4.79 Å². The number of benzene rings is 2. The van der Waals surface area contributed by atoms with Gasteiger partial charge in [0, 0.05) is 55.3 Å². The molecule has 2 aromatic heterocycles. The first kappa shape index (κ1) is 30.5. The number of ether oxygens (including phenoxy) is 2. The topological polar surface area (TPSA) is 110 Å². The number of halogens is 1. The van der Waals surface area contributed by atoms with Crippen LogP contribution in [0.25, 0.3) is 17.1 Å². The van der Waals surface area contributed by atoms with Gasteiger partial charge in [-0.2, -0.15) is 10.1 Å². The van der Waals surface area contributed by atoms with E-state index in [-0.39, 0.29) is 18.3 Å². The van der Waals surface area contributed by atoms with Crippen molar-refractivity contribution in [2.75, 3.05) is 63.0 Å². The molecule has 0 atom stereocenters. The molecule has 1 fully saturated rings. The fourth-order valence-corrected chi connectivity index (χ4v) is 4.67. The third-order valence-corrected chi connectivity index (χ3v) is 6.56. The maximum Gasteiger partial charge on any atom is 0.247 e. The highest BCUT2D eigenvalue weighted by molar-refractivity contribution is 6.02. The van der Waals surface area contributed by atoms with Crippen molar-refractivity contribution >= 4 is 41.3 Å². The number of hydrogen-bond acceptors (Lipinski definition) is 9. The van der Waals surface area contributed by atoms with E-state index in [9.17, 15) is 4.79 Å². The molecule has 11 nitrogen and oxygen atoms in total. The van der Waals surface area contributed by atoms with Crippen LogP contribution in [0.3, 0.4) is 0 Å². The largest absolute Gasteiger partial charge is 0.494 e. The molecule has 42 heavy (non-hydrogen) atoms. The summed E-state index contributed by atoms with van der Waals surface area (Å²) in [7, 11) is 5.66. The fraction of sp³-hybridized carbons (Fsp3) is 0.267. The predicted octanol–water partition coefficient (Wildman–Crippen LogP) is 4.53. The van der Waals surface area contributed by atoms with Crippen molar-refractivity contribution in [3.63, 3.8) is 0 Å². The number of nitrogens with zero attached hydrogens (tertiary/aromatic N) is 6. The number of morpholine rings is 1. The Morgan fingerprint density at radius 2 is 1.90 bits per heavy atom. The molecule has 0 unspecified atom stereocenters. The van der Waals surface area contributed by atoms with Gasteiger partial charge >= 0.3 is 0 Å². The Labute approximate surface area is 251 Å². The van der Waals surface area contributed by atoms with Gasteiger partial charge < -0.3 is 29.9 Å². The highest BCUT2D eigenvalue weighted by Gasteiger charge is 2.20. The molecule has 1 aliphatic rings. The van der Waals surface area contributed by atoms with Crippen LogP contribution in [-0.4, -0.2) is 78.1 Å². The molecule has 3 heterocycles. The summed E-state index contributed by atoms with van der Waals surface area (Å²) in [6.45, 7) is 6.92. The summed E-state index contributed by atoms with van der Waals surface area (Å²) in [5.74, 6) is 1.23. The summed E-state index contributed by atoms with van der Waals surface area (Å²) in [5, 5.41) is 11.1. The van der Waals surface area contributed by atoms with Gasteiger partial charge in [-0.05, 0) is 26.2 Å². The van der Waals surface area contributed by atoms with Gasteiger partial charge in [-0.1, -0.05) is 36.9 Å². The van der Waals surface area contributed by atoms with Gasteiger partial charge in [-0.15, -0.1) is 12.4 Å². The Balaban J connectivity index is 0.00000405. The molecule has 4 aromatic rings. The van der Waals surface area contributed by atoms with Crippen molar-refractivity contribution in [1.82, 2.24) is 24.6 Å². The van der Waals surface area contributed by atoms with Crippen molar-refractivity contribution < 1.29 is 14.3 Å². The van der Waals surface area contributed by atoms with Crippen molar-refractivity contribution in [1.29, 1.82) is 0 Å². The van der Waals surface area contributed by atoms with Crippen LogP contribution < -0.4 is 20.3 Å². The van der Waals surface area contributed by atoms with E-state index in [2.05, 4.69) is 32.0 Å². The molecule has 220 valence electrons. The molecule has 0 radical (unpaired) electrons. The predicted molar refractivity (Wildman–Crippen MR) is 167 cm³/mol. The first-order chi connectivity index (χ1) is 19.9. The Morgan fingerprint density at radius 3 is 2.60 bits per heavy atom. The second-order valence-corrected chi connectivity index (χ2v) is 9.78. The smallest absolute Gasteiger partial charge is 0.247 e. The lowest BCUT2D eigenvalue weighted by Crippen LogP contribution is -2.36. The molecule has 5 rings (SSSR count). The number of amides is 1. The Kier molecular flexibility index (Phi) is 10.1. The molecule has 2 N–H and O–H groups in total. The summed E-state index contributed by atoms with van der Waals surface area (Å²) in [5.41, 5.74) is 5.06. The molecule has 12 heteroatoms. The second kappa shape index (κ2) is 13.9. The number of carbonyl (C=O) groups excluding carboxylic acids is 1. The number of carbonyl (C=O) groups is 1. The average Bonchev–Trinajstić information content (AvgIpc) is 3.41. The normalized spacial score (nSPS) is 12.9. The van der Waals surface area contributed by atoms with E-state index >= 15 is 0 Å². The first-order valence-electron chi connectivity index (χ1n) is 13.3. The van der Waals surface area contributed by atoms with Crippen LogP contribution in [-0.2, 0) is 16.1 Å². The van der Waals surface area contributed by atoms with E-state index in [4.69, 9.17) is 19.6 Å². The molecular weight excluding hydrogens is 556 g/mol. The number of methoxy groups -OCH3 is 1. The lowest BCUT2D eigenvalue weighted by molar-refractivity contribution is -0.111. The van der Waals surface area contributed by atoms with Crippen LogP contribution >= 0.6 is 12.4 Å². The Morgan fingerprint density at radius 1 is 1.14 bits per heavy atom. The van der Waals surface area contributed by atoms with Crippen LogP contribution in [0.1, 0.15) is 5.56 Å². The van der Waals surface area contributed by atoms with E-state index in [0.717, 1.165) is 29.1 Å². The van der Waals surface area contributed by atoms with Crippen LogP contribution in [0.2, 0.25) is 0 Å². The lowest BCUT2D eigenvalue weighted by Gasteiger charge is -2.31. The molecule has 0 spiro atoms. The molecular formula is C30H35ClN8O3. The standard InChI is InChI=1S/C30H34N8O3.ClH/c1-5-28(39)32-23-17-24(26(40-4)18-25(23)37-13-15-41-16-14-37)33-30-31-12-11-27(34-30)38-20-22(19-36(2)3)29(35-38)21-9-7-6-8-10-21;/h5-12,17-18,20H,1,13-16,19H2,2-4H3,(H,32,39)(H,31,33,34);1H. The minimum absolute atomic E-state index is 0. The molecule has 0 bridgehead atoms. The maximum absolute atomic E-state index is 12.3. The number of aromatic nitrogens is 4. The first-order valence-corrected chi connectivity index (χ1v) is 13.3. The number of nitrogens with one attached hydrogen (secondary N) is 2. The summed E-state index contributed by atoms with van der Waals surface area (Å²) < 4.78 is 13.0. The molecule has 0 aliphatic carbocycles. The van der Waals surface area contributed by atoms with Crippen LogP contribution in [0.4, 0.5) is 23.0 Å². The molecule has 0 saturated carbocycles. The lowest BCUT2D eigenvalue weighted by atomic mass is 10.1. The van der Waals surface area contributed by atoms with E-state index in [0.29, 0.717) is 55.2 Å². The Bertz CT molecular complexity index is 1520. The fourth-order valence-electron chi connectivity index (χ4n) is 4.67. The third kappa shape index (κ3) is 7.06. The van der Waals surface area contributed by atoms with Crippen molar-refractivity contribution in [2.24, 2.45) is 0 Å². The second-order valence-electron chi connectivity index (χ2n) is 9.78. The van der Waals surface area contributed by atoms with E-state index < -0.39 is 0 Å². The number of hydrogen-bond donors (Lipinski definition) is 2. The number of rotatable bonds is 10. The van der Waals surface area contributed by atoms with Crippen molar-refractivity contribution in [3.8, 4) is 22.8 Å². The SMILES string of the molecule is C=CC(=O)Nc1cc(Nc2nccc(-n3cc(CN(C)C)c(-c4ccccc4)n3)n2)c(OC)cc1N1CCOCC1.Cl. The summed E-state index contributed by atoms with van der Waals surface area (Å²) in [6, 6.07) is 15.6. The molecule has 1 amide bonds. The quantitative estimate of drug-likeness (QED) is 0.257. The van der Waals surface area contributed by atoms with Crippen molar-refractivity contribution in [3.05, 3.63) is 79.1 Å². The highest BCUT2D eigenvalue weighted by Crippen LogP contribution is 2.38. The third-order valence-electron chi connectivity index (χ3n) is 6.56. The van der Waals surface area contributed by atoms with Gasteiger partial charge in [0.2, 0.25) is 11.9 Å². The Hall–Kier alpha value is -4.45. The van der Waals surface area contributed by atoms with E-state index in [1.165, 1.54) is 6.08 Å². The van der Waals surface area contributed by atoms with E-state index in [1.807, 2.05) is 62.8 Å². The molecule has 1 saturated heterocycles. The van der Waals surface area contributed by atoms with E-state index in [1.54, 1.807) is 24.1 Å². The minimum atomic E-state index is -0.310. The zero-order valence-corrected chi connectivity index (χ0v) is 24.7. The zero-order valence-electron chi connectivity index (χ0n) is 23.9. The average molecular weight is 591 g/mol. The minimum Gasteiger partial charge on any atom is -0.494 e. The summed E-state index contributed by atoms with van der Waals surface area (Å²) in [4.78, 5) is 25.7. The van der Waals surface area contributed by atoms with Gasteiger partial charge in [0.15, 0.2) is 5.82 Å². The van der Waals surface area contributed by atoms with Gasteiger partial charge in [0.05, 0.1) is 43.1 Å². The van der Waals surface area contributed by atoms with Crippen molar-refractivity contribution in [2.45, 2.75) is 6.54 Å². The monoisotopic (exact) mass is 590 g/mol. The zero-order chi connectivity index (χ0) is 28.8.